The molecule has 1 aliphatic rings. The van der Waals surface area contributed by atoms with Gasteiger partial charge in [-0.15, -0.1) is 11.8 Å². The molecular formula is C19H17F2N5OS. The van der Waals surface area contributed by atoms with Crippen LogP contribution in [-0.2, 0) is 4.79 Å². The molecule has 0 spiro atoms. The lowest BCUT2D eigenvalue weighted by molar-refractivity contribution is -0.113. The summed E-state index contributed by atoms with van der Waals surface area (Å²) in [6.45, 7) is 5.47. The van der Waals surface area contributed by atoms with E-state index in [9.17, 15) is 13.6 Å². The van der Waals surface area contributed by atoms with Crippen molar-refractivity contribution >= 4 is 23.5 Å². The van der Waals surface area contributed by atoms with Gasteiger partial charge in [0.15, 0.2) is 0 Å². The van der Waals surface area contributed by atoms with Gasteiger partial charge < -0.3 is 5.32 Å². The molecule has 4 rings (SSSR count). The molecule has 1 amide bonds. The van der Waals surface area contributed by atoms with Crippen molar-refractivity contribution in [3.63, 3.8) is 0 Å². The van der Waals surface area contributed by atoms with Crippen LogP contribution in [0.4, 0.5) is 14.6 Å². The number of halogens is 2. The zero-order chi connectivity index (χ0) is 20.0. The molecule has 3 aromatic rings. The van der Waals surface area contributed by atoms with Gasteiger partial charge in [0.25, 0.3) is 5.95 Å². The number of thioether (sulfide) groups is 1. The predicted molar refractivity (Wildman–Crippen MR) is 103 cm³/mol. The molecule has 1 atom stereocenters. The maximum atomic E-state index is 14.5. The molecule has 0 fully saturated rings. The number of rotatable bonds is 2. The Hall–Kier alpha value is -2.81. The molecular weight excluding hydrogens is 384 g/mol. The lowest BCUT2D eigenvalue weighted by Crippen LogP contribution is -2.17. The number of hydrogen-bond acceptors (Lipinski definition) is 5. The predicted octanol–water partition coefficient (Wildman–Crippen LogP) is 3.64. The van der Waals surface area contributed by atoms with E-state index in [2.05, 4.69) is 20.4 Å². The zero-order valence-electron chi connectivity index (χ0n) is 15.5. The molecule has 0 aliphatic carbocycles. The van der Waals surface area contributed by atoms with Crippen LogP contribution in [0.1, 0.15) is 33.5 Å². The van der Waals surface area contributed by atoms with Crippen LogP contribution in [0.5, 0.6) is 0 Å². The molecule has 1 N–H and O–H groups in total. The minimum absolute atomic E-state index is 0.128. The van der Waals surface area contributed by atoms with Gasteiger partial charge in [-0.25, -0.2) is 18.7 Å². The van der Waals surface area contributed by atoms with Gasteiger partial charge in [0.2, 0.25) is 5.91 Å². The first-order chi connectivity index (χ1) is 13.3. The van der Waals surface area contributed by atoms with E-state index < -0.39 is 16.9 Å². The highest BCUT2D eigenvalue weighted by molar-refractivity contribution is 8.00. The number of nitrogens with zero attached hydrogens (tertiary/aromatic N) is 4. The molecule has 1 aliphatic heterocycles. The average Bonchev–Trinajstić information content (AvgIpc) is 2.81. The molecule has 0 saturated heterocycles. The minimum Gasteiger partial charge on any atom is -0.309 e. The van der Waals surface area contributed by atoms with Gasteiger partial charge in [0.1, 0.15) is 17.5 Å². The number of carbonyl (C=O) groups excluding carboxylic acids is 1. The second-order valence-corrected chi connectivity index (χ2v) is 7.71. The number of anilines is 1. The summed E-state index contributed by atoms with van der Waals surface area (Å²) in [5.41, 5.74) is 3.10. The largest absolute Gasteiger partial charge is 0.309 e. The van der Waals surface area contributed by atoms with Crippen molar-refractivity contribution in [1.82, 2.24) is 19.7 Å². The van der Waals surface area contributed by atoms with Crippen LogP contribution in [-0.4, -0.2) is 31.4 Å². The fraction of sp³-hybridized carbons (Fsp3) is 0.263. The number of nitrogens with one attached hydrogen (secondary N) is 1. The lowest BCUT2D eigenvalue weighted by Gasteiger charge is -2.16. The standard InChI is InChI=1S/C19H17F2N5OS/c1-9-6-10(2)23-19(22-9)26-18-16(11(3)25-26)17(28-8-15(27)24-18)13-5-4-12(20)7-14(13)21/h4-7,17H,8H2,1-3H3,(H,24,27)/t17-/m0/s1. The molecule has 144 valence electrons. The maximum absolute atomic E-state index is 14.5. The normalized spacial score (nSPS) is 16.5. The second kappa shape index (κ2) is 6.97. The summed E-state index contributed by atoms with van der Waals surface area (Å²) in [5, 5.41) is 6.84. The molecule has 0 bridgehead atoms. The van der Waals surface area contributed by atoms with Crippen molar-refractivity contribution in [3.05, 3.63) is 64.1 Å². The zero-order valence-corrected chi connectivity index (χ0v) is 16.3. The van der Waals surface area contributed by atoms with Gasteiger partial charge in [-0.3, -0.25) is 4.79 Å². The third-order valence-corrected chi connectivity index (χ3v) is 5.66. The Balaban J connectivity index is 1.92. The second-order valence-electron chi connectivity index (χ2n) is 6.62. The number of aromatic nitrogens is 4. The highest BCUT2D eigenvalue weighted by Crippen LogP contribution is 2.44. The Morgan fingerprint density at radius 1 is 1.14 bits per heavy atom. The average molecular weight is 401 g/mol. The molecule has 1 aromatic carbocycles. The third kappa shape index (κ3) is 3.26. The van der Waals surface area contributed by atoms with Crippen LogP contribution in [0, 0.1) is 32.4 Å². The van der Waals surface area contributed by atoms with Gasteiger partial charge >= 0.3 is 0 Å². The summed E-state index contributed by atoms with van der Waals surface area (Å²) in [6.07, 6.45) is 0. The van der Waals surface area contributed by atoms with E-state index in [4.69, 9.17) is 0 Å². The highest BCUT2D eigenvalue weighted by atomic mass is 32.2. The van der Waals surface area contributed by atoms with Gasteiger partial charge in [0.05, 0.1) is 16.7 Å². The summed E-state index contributed by atoms with van der Waals surface area (Å²) >= 11 is 1.27. The van der Waals surface area contributed by atoms with Crippen LogP contribution < -0.4 is 5.32 Å². The number of benzene rings is 1. The number of carbonyl (C=O) groups is 1. The maximum Gasteiger partial charge on any atom is 0.252 e. The molecule has 28 heavy (non-hydrogen) atoms. The topological polar surface area (TPSA) is 72.7 Å². The number of hydrogen-bond donors (Lipinski definition) is 1. The van der Waals surface area contributed by atoms with E-state index in [1.54, 1.807) is 6.92 Å². The Morgan fingerprint density at radius 3 is 2.54 bits per heavy atom. The number of fused-ring (bicyclic) bond motifs is 1. The summed E-state index contributed by atoms with van der Waals surface area (Å²) in [6, 6.07) is 5.31. The van der Waals surface area contributed by atoms with Crippen LogP contribution in [0.25, 0.3) is 5.95 Å². The van der Waals surface area contributed by atoms with Gasteiger partial charge in [-0.2, -0.15) is 9.78 Å². The summed E-state index contributed by atoms with van der Waals surface area (Å²) in [4.78, 5) is 21.2. The smallest absolute Gasteiger partial charge is 0.252 e. The highest BCUT2D eigenvalue weighted by Gasteiger charge is 2.32. The van der Waals surface area contributed by atoms with Gasteiger partial charge in [-0.05, 0) is 32.9 Å². The Bertz CT molecular complexity index is 1080. The first-order valence-electron chi connectivity index (χ1n) is 8.62. The molecule has 3 heterocycles. The van der Waals surface area contributed by atoms with Crippen molar-refractivity contribution in [2.45, 2.75) is 26.0 Å². The molecule has 9 heteroatoms. The van der Waals surface area contributed by atoms with Crippen molar-refractivity contribution in [1.29, 1.82) is 0 Å². The SMILES string of the molecule is Cc1cc(C)nc(-n2nc(C)c3c2NC(=O)CS[C@H]3c2ccc(F)cc2F)n1. The van der Waals surface area contributed by atoms with Crippen LogP contribution >= 0.6 is 11.8 Å². The van der Waals surface area contributed by atoms with Crippen LogP contribution in [0.15, 0.2) is 24.3 Å². The van der Waals surface area contributed by atoms with Crippen molar-refractivity contribution < 1.29 is 13.6 Å². The third-order valence-electron chi connectivity index (χ3n) is 4.41. The van der Waals surface area contributed by atoms with Gasteiger partial charge in [-0.1, -0.05) is 6.07 Å². The van der Waals surface area contributed by atoms with Crippen LogP contribution in [0.2, 0.25) is 0 Å². The van der Waals surface area contributed by atoms with Crippen molar-refractivity contribution in [2.24, 2.45) is 0 Å². The molecule has 0 saturated carbocycles. The van der Waals surface area contributed by atoms with Crippen molar-refractivity contribution in [2.75, 3.05) is 11.1 Å². The fourth-order valence-corrected chi connectivity index (χ4v) is 4.50. The van der Waals surface area contributed by atoms with Gasteiger partial charge in [0, 0.05) is 28.6 Å². The summed E-state index contributed by atoms with van der Waals surface area (Å²) in [7, 11) is 0. The Kier molecular flexibility index (Phi) is 4.62. The lowest BCUT2D eigenvalue weighted by atomic mass is 10.0. The van der Waals surface area contributed by atoms with E-state index in [1.165, 1.54) is 28.6 Å². The molecule has 0 radical (unpaired) electrons. The Labute approximate surface area is 164 Å². The summed E-state index contributed by atoms with van der Waals surface area (Å²) < 4.78 is 29.4. The number of amides is 1. The first-order valence-corrected chi connectivity index (χ1v) is 9.67. The fourth-order valence-electron chi connectivity index (χ4n) is 3.29. The van der Waals surface area contributed by atoms with E-state index in [0.717, 1.165) is 17.5 Å². The van der Waals surface area contributed by atoms with E-state index in [-0.39, 0.29) is 11.7 Å². The molecule has 0 unspecified atom stereocenters. The monoisotopic (exact) mass is 401 g/mol. The Morgan fingerprint density at radius 2 is 1.86 bits per heavy atom. The quantitative estimate of drug-likeness (QED) is 0.710. The molecule has 2 aromatic heterocycles. The van der Waals surface area contributed by atoms with Crippen molar-refractivity contribution in [3.8, 4) is 5.95 Å². The van der Waals surface area contributed by atoms with E-state index in [0.29, 0.717) is 28.6 Å². The molecule has 6 nitrogen and oxygen atoms in total. The van der Waals surface area contributed by atoms with E-state index in [1.807, 2.05) is 19.9 Å². The minimum atomic E-state index is -0.660. The van der Waals surface area contributed by atoms with E-state index >= 15 is 0 Å². The number of aryl methyl sites for hydroxylation is 3. The first kappa shape index (κ1) is 18.5. The van der Waals surface area contributed by atoms with Crippen LogP contribution in [0.3, 0.4) is 0 Å². The summed E-state index contributed by atoms with van der Waals surface area (Å²) in [5.74, 6) is -0.679.